The predicted molar refractivity (Wildman–Crippen MR) is 109 cm³/mol. The van der Waals surface area contributed by atoms with Gasteiger partial charge in [-0.05, 0) is 49.2 Å². The van der Waals surface area contributed by atoms with Crippen molar-refractivity contribution in [2.75, 3.05) is 43.6 Å². The van der Waals surface area contributed by atoms with Gasteiger partial charge in [0.25, 0.3) is 5.91 Å². The molecule has 1 amide bonds. The van der Waals surface area contributed by atoms with Crippen molar-refractivity contribution in [3.8, 4) is 0 Å². The molecule has 7 nitrogen and oxygen atoms in total. The summed E-state index contributed by atoms with van der Waals surface area (Å²) in [4.78, 5) is 15.0. The maximum atomic E-state index is 12.6. The normalized spacial score (nSPS) is 13.4. The van der Waals surface area contributed by atoms with Gasteiger partial charge in [0, 0.05) is 43.7 Å². The molecule has 0 saturated heterocycles. The van der Waals surface area contributed by atoms with Crippen LogP contribution in [0.15, 0.2) is 47.4 Å². The highest BCUT2D eigenvalue weighted by molar-refractivity contribution is 7.89. The number of anilines is 2. The maximum absolute atomic E-state index is 12.6. The highest BCUT2D eigenvalue weighted by atomic mass is 32.2. The van der Waals surface area contributed by atoms with Gasteiger partial charge in [-0.15, -0.1) is 0 Å². The van der Waals surface area contributed by atoms with Gasteiger partial charge >= 0.3 is 0 Å². The minimum absolute atomic E-state index is 0.0439. The summed E-state index contributed by atoms with van der Waals surface area (Å²) >= 11 is 0. The van der Waals surface area contributed by atoms with Crippen LogP contribution in [0.1, 0.15) is 22.8 Å². The summed E-state index contributed by atoms with van der Waals surface area (Å²) in [6.45, 7) is 4.44. The van der Waals surface area contributed by atoms with E-state index in [0.717, 1.165) is 25.2 Å². The molecule has 3 rings (SSSR count). The van der Waals surface area contributed by atoms with Crippen molar-refractivity contribution in [2.45, 2.75) is 18.2 Å². The molecule has 28 heavy (non-hydrogen) atoms. The van der Waals surface area contributed by atoms with Crippen LogP contribution in [0.2, 0.25) is 0 Å². The second-order valence-electron chi connectivity index (χ2n) is 6.55. The van der Waals surface area contributed by atoms with E-state index in [2.05, 4.69) is 21.9 Å². The van der Waals surface area contributed by atoms with Crippen molar-refractivity contribution in [1.29, 1.82) is 0 Å². The van der Waals surface area contributed by atoms with Crippen LogP contribution < -0.4 is 14.9 Å². The van der Waals surface area contributed by atoms with E-state index in [0.29, 0.717) is 5.69 Å². The molecule has 0 aliphatic carbocycles. The summed E-state index contributed by atoms with van der Waals surface area (Å²) in [7, 11) is -2.20. The molecule has 1 aliphatic rings. The number of carbonyl (C=O) groups excluding carboxylic acids is 1. The number of benzene rings is 2. The molecule has 0 spiro atoms. The fourth-order valence-electron chi connectivity index (χ4n) is 3.22. The Hall–Kier alpha value is -2.42. The molecule has 0 bridgehead atoms. The van der Waals surface area contributed by atoms with E-state index >= 15 is 0 Å². The number of rotatable bonds is 8. The van der Waals surface area contributed by atoms with Crippen LogP contribution in [0, 0.1) is 0 Å². The van der Waals surface area contributed by atoms with E-state index in [9.17, 15) is 13.2 Å². The van der Waals surface area contributed by atoms with Crippen molar-refractivity contribution in [3.05, 3.63) is 53.6 Å². The number of amides is 1. The fraction of sp³-hybridized carbons (Fsp3) is 0.350. The standard InChI is InChI=1S/C20H25N3O4S/c1-3-23-11-9-15-7-8-17(14-19(15)23)22-20(24)16-5-4-6-18(13-16)28(25,26)21-10-12-27-2/h4-8,13-14,21H,3,9-12H2,1-2H3,(H,22,24). The predicted octanol–water partition coefficient (Wildman–Crippen LogP) is 2.25. The zero-order chi connectivity index (χ0) is 20.1. The van der Waals surface area contributed by atoms with Gasteiger partial charge in [0.1, 0.15) is 0 Å². The van der Waals surface area contributed by atoms with E-state index in [1.807, 2.05) is 18.2 Å². The third-order valence-corrected chi connectivity index (χ3v) is 6.18. The number of nitrogens with zero attached hydrogens (tertiary/aromatic N) is 1. The number of hydrogen-bond donors (Lipinski definition) is 2. The van der Waals surface area contributed by atoms with E-state index in [1.165, 1.54) is 24.8 Å². The molecule has 0 fully saturated rings. The van der Waals surface area contributed by atoms with Gasteiger partial charge < -0.3 is 15.0 Å². The van der Waals surface area contributed by atoms with Crippen LogP contribution in [0.4, 0.5) is 11.4 Å². The van der Waals surface area contributed by atoms with Crippen molar-refractivity contribution in [3.63, 3.8) is 0 Å². The molecule has 0 unspecified atom stereocenters. The van der Waals surface area contributed by atoms with Gasteiger partial charge in [0.15, 0.2) is 0 Å². The van der Waals surface area contributed by atoms with E-state index < -0.39 is 10.0 Å². The largest absolute Gasteiger partial charge is 0.383 e. The topological polar surface area (TPSA) is 87.7 Å². The minimum Gasteiger partial charge on any atom is -0.383 e. The Morgan fingerprint density at radius 3 is 2.79 bits per heavy atom. The minimum atomic E-state index is -3.70. The smallest absolute Gasteiger partial charge is 0.255 e. The number of fused-ring (bicyclic) bond motifs is 1. The molecule has 1 heterocycles. The Labute approximate surface area is 165 Å². The van der Waals surface area contributed by atoms with Crippen LogP contribution in [-0.2, 0) is 21.2 Å². The Bertz CT molecular complexity index is 960. The van der Waals surface area contributed by atoms with Crippen LogP contribution in [0.3, 0.4) is 0 Å². The summed E-state index contributed by atoms with van der Waals surface area (Å²) in [6, 6.07) is 11.9. The summed E-state index contributed by atoms with van der Waals surface area (Å²) in [5.74, 6) is -0.352. The second-order valence-corrected chi connectivity index (χ2v) is 8.31. The summed E-state index contributed by atoms with van der Waals surface area (Å²) in [6.07, 6.45) is 1.01. The van der Waals surface area contributed by atoms with Crippen molar-refractivity contribution < 1.29 is 17.9 Å². The van der Waals surface area contributed by atoms with Crippen LogP contribution in [0.5, 0.6) is 0 Å². The van der Waals surface area contributed by atoms with Crippen LogP contribution in [0.25, 0.3) is 0 Å². The molecular formula is C20H25N3O4S. The van der Waals surface area contributed by atoms with E-state index in [4.69, 9.17) is 4.74 Å². The lowest BCUT2D eigenvalue weighted by atomic mass is 10.1. The zero-order valence-electron chi connectivity index (χ0n) is 16.1. The second kappa shape index (κ2) is 8.72. The Morgan fingerprint density at radius 2 is 2.04 bits per heavy atom. The van der Waals surface area contributed by atoms with Gasteiger partial charge in [-0.3, -0.25) is 4.79 Å². The third kappa shape index (κ3) is 4.52. The van der Waals surface area contributed by atoms with E-state index in [1.54, 1.807) is 12.1 Å². The number of sulfonamides is 1. The third-order valence-electron chi connectivity index (χ3n) is 4.72. The number of nitrogens with one attached hydrogen (secondary N) is 2. The molecule has 2 aromatic carbocycles. The summed E-state index contributed by atoms with van der Waals surface area (Å²) in [5, 5.41) is 2.86. The molecule has 0 radical (unpaired) electrons. The van der Waals surface area contributed by atoms with Crippen LogP contribution >= 0.6 is 0 Å². The zero-order valence-corrected chi connectivity index (χ0v) is 16.9. The average Bonchev–Trinajstić information content (AvgIpc) is 3.10. The molecular weight excluding hydrogens is 378 g/mol. The first-order valence-corrected chi connectivity index (χ1v) is 10.7. The molecule has 0 aromatic heterocycles. The summed E-state index contributed by atoms with van der Waals surface area (Å²) in [5.41, 5.74) is 3.38. The number of methoxy groups -OCH3 is 1. The molecule has 2 aromatic rings. The molecule has 2 N–H and O–H groups in total. The van der Waals surface area contributed by atoms with Gasteiger partial charge in [0.2, 0.25) is 10.0 Å². The highest BCUT2D eigenvalue weighted by Crippen LogP contribution is 2.30. The monoisotopic (exact) mass is 403 g/mol. The van der Waals surface area contributed by atoms with Gasteiger partial charge in [-0.25, -0.2) is 13.1 Å². The number of hydrogen-bond acceptors (Lipinski definition) is 5. The molecule has 150 valence electrons. The lowest BCUT2D eigenvalue weighted by molar-refractivity contribution is 0.102. The first-order chi connectivity index (χ1) is 13.4. The van der Waals surface area contributed by atoms with Gasteiger partial charge in [0.05, 0.1) is 11.5 Å². The molecule has 1 aliphatic heterocycles. The molecule has 0 atom stereocenters. The van der Waals surface area contributed by atoms with Gasteiger partial charge in [-0.1, -0.05) is 12.1 Å². The van der Waals surface area contributed by atoms with Crippen LogP contribution in [-0.4, -0.2) is 47.7 Å². The molecule has 8 heteroatoms. The number of carbonyl (C=O) groups is 1. The lowest BCUT2D eigenvalue weighted by Crippen LogP contribution is -2.27. The Morgan fingerprint density at radius 1 is 1.21 bits per heavy atom. The number of ether oxygens (including phenoxy) is 1. The first-order valence-electron chi connectivity index (χ1n) is 9.22. The Kier molecular flexibility index (Phi) is 6.33. The lowest BCUT2D eigenvalue weighted by Gasteiger charge is -2.17. The quantitative estimate of drug-likeness (QED) is 0.660. The SMILES string of the molecule is CCN1CCc2ccc(NC(=O)c3cccc(S(=O)(=O)NCCOC)c3)cc21. The van der Waals surface area contributed by atoms with E-state index in [-0.39, 0.29) is 29.5 Å². The van der Waals surface area contributed by atoms with Crippen molar-refractivity contribution in [2.24, 2.45) is 0 Å². The first kappa shape index (κ1) is 20.3. The van der Waals surface area contributed by atoms with Gasteiger partial charge in [-0.2, -0.15) is 0 Å². The maximum Gasteiger partial charge on any atom is 0.255 e. The molecule has 0 saturated carbocycles. The fourth-order valence-corrected chi connectivity index (χ4v) is 4.28. The summed E-state index contributed by atoms with van der Waals surface area (Å²) < 4.78 is 32.0. The van der Waals surface area contributed by atoms with Crippen molar-refractivity contribution >= 4 is 27.3 Å². The average molecular weight is 404 g/mol. The van der Waals surface area contributed by atoms with Crippen molar-refractivity contribution in [1.82, 2.24) is 4.72 Å². The Balaban J connectivity index is 1.75. The number of likely N-dealkylation sites (N-methyl/N-ethyl adjacent to an activating group) is 1. The highest BCUT2D eigenvalue weighted by Gasteiger charge is 2.19.